The Morgan fingerprint density at radius 3 is 2.22 bits per heavy atom. The number of rotatable bonds is 6. The van der Waals surface area contributed by atoms with Crippen LogP contribution in [0, 0.1) is 0 Å². The second-order valence-electron chi connectivity index (χ2n) is 5.26. The summed E-state index contributed by atoms with van der Waals surface area (Å²) in [5.41, 5.74) is 2.97. The minimum Gasteiger partial charge on any atom is -0.314 e. The molecule has 2 rings (SSSR count). The molecule has 0 atom stereocenters. The molecule has 0 aliphatic carbocycles. The van der Waals surface area contributed by atoms with Crippen molar-refractivity contribution in [2.24, 2.45) is 0 Å². The van der Waals surface area contributed by atoms with Crippen molar-refractivity contribution in [2.45, 2.75) is 32.6 Å². The zero-order chi connectivity index (χ0) is 12.6. The molecule has 0 aromatic heterocycles. The molecule has 0 unspecified atom stereocenters. The van der Waals surface area contributed by atoms with E-state index in [1.165, 1.54) is 56.4 Å². The normalized spacial score (nSPS) is 16.9. The number of aryl methyl sites for hydroxylation is 1. The summed E-state index contributed by atoms with van der Waals surface area (Å²) in [5, 5.41) is 3.40. The van der Waals surface area contributed by atoms with Crippen LogP contribution in [0.5, 0.6) is 0 Å². The van der Waals surface area contributed by atoms with Crippen LogP contribution in [0.2, 0.25) is 0 Å². The molecular formula is C16H26N2. The molecular weight excluding hydrogens is 220 g/mol. The molecule has 1 aromatic carbocycles. The monoisotopic (exact) mass is 246 g/mol. The summed E-state index contributed by atoms with van der Waals surface area (Å²) in [7, 11) is 0. The van der Waals surface area contributed by atoms with Crippen LogP contribution in [0.3, 0.4) is 0 Å². The number of hydrogen-bond acceptors (Lipinski definition) is 2. The Labute approximate surface area is 111 Å². The van der Waals surface area contributed by atoms with Crippen LogP contribution in [0.15, 0.2) is 24.3 Å². The van der Waals surface area contributed by atoms with Gasteiger partial charge in [-0.15, -0.1) is 0 Å². The van der Waals surface area contributed by atoms with E-state index in [0.29, 0.717) is 0 Å². The highest BCUT2D eigenvalue weighted by molar-refractivity contribution is 5.22. The van der Waals surface area contributed by atoms with E-state index in [1.54, 1.807) is 0 Å². The van der Waals surface area contributed by atoms with Crippen molar-refractivity contribution >= 4 is 0 Å². The Morgan fingerprint density at radius 2 is 1.61 bits per heavy atom. The number of unbranched alkanes of at least 4 members (excludes halogenated alkanes) is 1. The predicted molar refractivity (Wildman–Crippen MR) is 78.1 cm³/mol. The SMILES string of the molecule is CCCCc1ccc(CCN2CCNCC2)cc1. The first-order valence-electron chi connectivity index (χ1n) is 7.39. The minimum atomic E-state index is 1.15. The topological polar surface area (TPSA) is 15.3 Å². The van der Waals surface area contributed by atoms with Crippen LogP contribution in [0.4, 0.5) is 0 Å². The van der Waals surface area contributed by atoms with Crippen LogP contribution in [0.25, 0.3) is 0 Å². The Kier molecular flexibility index (Phi) is 5.69. The lowest BCUT2D eigenvalue weighted by Crippen LogP contribution is -2.44. The van der Waals surface area contributed by atoms with Gasteiger partial charge in [0.05, 0.1) is 0 Å². The van der Waals surface area contributed by atoms with E-state index in [9.17, 15) is 0 Å². The van der Waals surface area contributed by atoms with E-state index in [0.717, 1.165) is 13.1 Å². The summed E-state index contributed by atoms with van der Waals surface area (Å²) in [4.78, 5) is 2.56. The smallest absolute Gasteiger partial charge is 0.0108 e. The highest BCUT2D eigenvalue weighted by atomic mass is 15.2. The number of piperazine rings is 1. The zero-order valence-corrected chi connectivity index (χ0v) is 11.6. The molecule has 0 amide bonds. The molecule has 0 saturated carbocycles. The number of nitrogens with zero attached hydrogens (tertiary/aromatic N) is 1. The largest absolute Gasteiger partial charge is 0.314 e. The first-order chi connectivity index (χ1) is 8.88. The lowest BCUT2D eigenvalue weighted by atomic mass is 10.0. The van der Waals surface area contributed by atoms with E-state index < -0.39 is 0 Å². The van der Waals surface area contributed by atoms with Crippen molar-refractivity contribution in [1.82, 2.24) is 10.2 Å². The number of hydrogen-bond donors (Lipinski definition) is 1. The number of benzene rings is 1. The van der Waals surface area contributed by atoms with Gasteiger partial charge in [0.15, 0.2) is 0 Å². The molecule has 2 nitrogen and oxygen atoms in total. The molecule has 1 aliphatic heterocycles. The van der Waals surface area contributed by atoms with E-state index in [4.69, 9.17) is 0 Å². The summed E-state index contributed by atoms with van der Waals surface area (Å²) in [6.45, 7) is 8.16. The average Bonchev–Trinajstić information content (AvgIpc) is 2.45. The molecule has 1 fully saturated rings. The van der Waals surface area contributed by atoms with Gasteiger partial charge in [0, 0.05) is 32.7 Å². The maximum atomic E-state index is 3.40. The van der Waals surface area contributed by atoms with Gasteiger partial charge in [-0.2, -0.15) is 0 Å². The van der Waals surface area contributed by atoms with E-state index >= 15 is 0 Å². The third-order valence-corrected chi connectivity index (χ3v) is 3.77. The second kappa shape index (κ2) is 7.55. The minimum absolute atomic E-state index is 1.15. The fraction of sp³-hybridized carbons (Fsp3) is 0.625. The maximum Gasteiger partial charge on any atom is 0.0108 e. The van der Waals surface area contributed by atoms with E-state index in [1.807, 2.05) is 0 Å². The van der Waals surface area contributed by atoms with E-state index in [-0.39, 0.29) is 0 Å². The summed E-state index contributed by atoms with van der Waals surface area (Å²) in [6.07, 6.45) is 5.01. The van der Waals surface area contributed by atoms with Gasteiger partial charge >= 0.3 is 0 Å². The standard InChI is InChI=1S/C16H26N2/c1-2-3-4-15-5-7-16(8-6-15)9-12-18-13-10-17-11-14-18/h5-8,17H,2-4,9-14H2,1H3. The third-order valence-electron chi connectivity index (χ3n) is 3.77. The van der Waals surface area contributed by atoms with Crippen molar-refractivity contribution in [3.05, 3.63) is 35.4 Å². The predicted octanol–water partition coefficient (Wildman–Crippen LogP) is 2.48. The maximum absolute atomic E-state index is 3.40. The molecule has 100 valence electrons. The Hall–Kier alpha value is -0.860. The molecule has 1 aromatic rings. The average molecular weight is 246 g/mol. The molecule has 1 heterocycles. The molecule has 18 heavy (non-hydrogen) atoms. The lowest BCUT2D eigenvalue weighted by Gasteiger charge is -2.27. The van der Waals surface area contributed by atoms with Crippen LogP contribution in [0.1, 0.15) is 30.9 Å². The van der Waals surface area contributed by atoms with Crippen LogP contribution < -0.4 is 5.32 Å². The summed E-state index contributed by atoms with van der Waals surface area (Å²) >= 11 is 0. The van der Waals surface area contributed by atoms with Crippen molar-refractivity contribution in [3.63, 3.8) is 0 Å². The second-order valence-corrected chi connectivity index (χ2v) is 5.26. The van der Waals surface area contributed by atoms with Gasteiger partial charge in [-0.25, -0.2) is 0 Å². The molecule has 0 bridgehead atoms. The molecule has 0 spiro atoms. The molecule has 1 aliphatic rings. The summed E-state index contributed by atoms with van der Waals surface area (Å²) < 4.78 is 0. The third kappa shape index (κ3) is 4.43. The summed E-state index contributed by atoms with van der Waals surface area (Å²) in [5.74, 6) is 0. The van der Waals surface area contributed by atoms with Crippen molar-refractivity contribution in [1.29, 1.82) is 0 Å². The highest BCUT2D eigenvalue weighted by Crippen LogP contribution is 2.09. The van der Waals surface area contributed by atoms with Gasteiger partial charge in [0.2, 0.25) is 0 Å². The summed E-state index contributed by atoms with van der Waals surface area (Å²) in [6, 6.07) is 9.24. The van der Waals surface area contributed by atoms with Gasteiger partial charge in [0.1, 0.15) is 0 Å². The van der Waals surface area contributed by atoms with Crippen LogP contribution >= 0.6 is 0 Å². The molecule has 1 N–H and O–H groups in total. The van der Waals surface area contributed by atoms with Gasteiger partial charge < -0.3 is 10.2 Å². The lowest BCUT2D eigenvalue weighted by molar-refractivity contribution is 0.244. The van der Waals surface area contributed by atoms with Crippen molar-refractivity contribution in [2.75, 3.05) is 32.7 Å². The van der Waals surface area contributed by atoms with Gasteiger partial charge in [-0.05, 0) is 30.4 Å². The Balaban J connectivity index is 1.75. The molecule has 2 heteroatoms. The highest BCUT2D eigenvalue weighted by Gasteiger charge is 2.08. The number of nitrogens with one attached hydrogen (secondary N) is 1. The van der Waals surface area contributed by atoms with Crippen molar-refractivity contribution in [3.8, 4) is 0 Å². The Bertz CT molecular complexity index is 325. The zero-order valence-electron chi connectivity index (χ0n) is 11.6. The first kappa shape index (κ1) is 13.6. The van der Waals surface area contributed by atoms with Crippen molar-refractivity contribution < 1.29 is 0 Å². The Morgan fingerprint density at radius 1 is 1.00 bits per heavy atom. The first-order valence-corrected chi connectivity index (χ1v) is 7.39. The van der Waals surface area contributed by atoms with Crippen LogP contribution in [-0.4, -0.2) is 37.6 Å². The van der Waals surface area contributed by atoms with Gasteiger partial charge in [-0.3, -0.25) is 0 Å². The fourth-order valence-electron chi connectivity index (χ4n) is 2.48. The quantitative estimate of drug-likeness (QED) is 0.829. The molecule has 0 radical (unpaired) electrons. The van der Waals surface area contributed by atoms with E-state index in [2.05, 4.69) is 41.4 Å². The molecule has 1 saturated heterocycles. The van der Waals surface area contributed by atoms with Crippen LogP contribution in [-0.2, 0) is 12.8 Å². The fourth-order valence-corrected chi connectivity index (χ4v) is 2.48. The van der Waals surface area contributed by atoms with Gasteiger partial charge in [0.25, 0.3) is 0 Å². The van der Waals surface area contributed by atoms with Gasteiger partial charge in [-0.1, -0.05) is 37.6 Å².